The second-order valence-electron chi connectivity index (χ2n) is 5.44. The van der Waals surface area contributed by atoms with Crippen molar-refractivity contribution in [1.82, 2.24) is 0 Å². The predicted octanol–water partition coefficient (Wildman–Crippen LogP) is 4.66. The van der Waals surface area contributed by atoms with Crippen LogP contribution in [0.5, 0.6) is 0 Å². The second-order valence-corrected chi connectivity index (χ2v) is 6.01. The van der Waals surface area contributed by atoms with Gasteiger partial charge in [0.25, 0.3) is 0 Å². The fourth-order valence-corrected chi connectivity index (χ4v) is 2.78. The zero-order valence-corrected chi connectivity index (χ0v) is 12.9. The Hall–Kier alpha value is -0.680. The van der Waals surface area contributed by atoms with Gasteiger partial charge < -0.3 is 0 Å². The summed E-state index contributed by atoms with van der Waals surface area (Å²) in [7, 11) is 2.92. The van der Waals surface area contributed by atoms with Gasteiger partial charge in [-0.15, -0.1) is 9.24 Å². The molecular weight excluding hydrogens is 237 g/mol. The quantitative estimate of drug-likeness (QED) is 0.540. The van der Waals surface area contributed by atoms with E-state index >= 15 is 0 Å². The van der Waals surface area contributed by atoms with Crippen LogP contribution in [0.1, 0.15) is 63.0 Å². The number of nitrogens with zero attached hydrogens (tertiary/aromatic N) is 1. The van der Waals surface area contributed by atoms with E-state index in [9.17, 15) is 0 Å². The minimum atomic E-state index is 0.815. The number of rotatable bonds is 5. The summed E-state index contributed by atoms with van der Waals surface area (Å²) in [5.74, 6) is 0.815. The molecule has 98 valence electrons. The number of benzene rings is 1. The van der Waals surface area contributed by atoms with Gasteiger partial charge in [0.2, 0.25) is 0 Å². The van der Waals surface area contributed by atoms with E-state index < -0.39 is 0 Å². The first kappa shape index (κ1) is 13.7. The lowest BCUT2D eigenvalue weighted by atomic mass is 10.1. The first-order chi connectivity index (χ1) is 8.63. The van der Waals surface area contributed by atoms with E-state index in [0.717, 1.165) is 18.0 Å². The van der Waals surface area contributed by atoms with Gasteiger partial charge in [-0.3, -0.25) is 4.99 Å². The molecule has 0 heterocycles. The van der Waals surface area contributed by atoms with Crippen LogP contribution in [-0.2, 0) is 0 Å². The summed E-state index contributed by atoms with van der Waals surface area (Å²) in [4.78, 5) is 4.78. The van der Waals surface area contributed by atoms with Crippen LogP contribution in [0.2, 0.25) is 0 Å². The molecular formula is C16H24NP. The Labute approximate surface area is 113 Å². The Morgan fingerprint density at radius 2 is 2.11 bits per heavy atom. The molecule has 1 fully saturated rings. The maximum absolute atomic E-state index is 4.78. The molecule has 1 nitrogen and oxygen atoms in total. The summed E-state index contributed by atoms with van der Waals surface area (Å²) in [6.07, 6.45) is 6.31. The van der Waals surface area contributed by atoms with E-state index in [-0.39, 0.29) is 0 Å². The highest BCUT2D eigenvalue weighted by Gasteiger charge is 2.25. The van der Waals surface area contributed by atoms with E-state index in [4.69, 9.17) is 4.99 Å². The van der Waals surface area contributed by atoms with Crippen molar-refractivity contribution in [3.63, 3.8) is 0 Å². The summed E-state index contributed by atoms with van der Waals surface area (Å²) >= 11 is 0. The molecule has 0 radical (unpaired) electrons. The van der Waals surface area contributed by atoms with Gasteiger partial charge in [0.15, 0.2) is 0 Å². The fourth-order valence-electron chi connectivity index (χ4n) is 2.30. The van der Waals surface area contributed by atoms with E-state index in [1.165, 1.54) is 47.8 Å². The van der Waals surface area contributed by atoms with Gasteiger partial charge in [-0.1, -0.05) is 19.4 Å². The van der Waals surface area contributed by atoms with Crippen molar-refractivity contribution in [2.24, 2.45) is 4.99 Å². The summed E-state index contributed by atoms with van der Waals surface area (Å²) in [6, 6.07) is 4.48. The van der Waals surface area contributed by atoms with Crippen molar-refractivity contribution in [1.29, 1.82) is 0 Å². The number of aliphatic imine (C=N–C) groups is 1. The fraction of sp³-hybridized carbons (Fsp3) is 0.562. The molecule has 0 aromatic heterocycles. The lowest BCUT2D eigenvalue weighted by molar-refractivity contribution is 0.833. The maximum Gasteiger partial charge on any atom is 0.0664 e. The molecule has 0 N–H and O–H groups in total. The van der Waals surface area contributed by atoms with Crippen molar-refractivity contribution < 1.29 is 0 Å². The lowest BCUT2D eigenvalue weighted by Crippen LogP contribution is -2.05. The van der Waals surface area contributed by atoms with Crippen LogP contribution in [0.25, 0.3) is 0 Å². The normalized spacial score (nSPS) is 16.1. The van der Waals surface area contributed by atoms with Gasteiger partial charge >= 0.3 is 0 Å². The van der Waals surface area contributed by atoms with Crippen LogP contribution in [0.3, 0.4) is 0 Å². The molecule has 1 aromatic carbocycles. The SMILES string of the molecule is CCCCC(C)=Nc1ccc(C2CC2)c(P)c1C. The topological polar surface area (TPSA) is 12.4 Å². The summed E-state index contributed by atoms with van der Waals surface area (Å²) in [5.41, 5.74) is 5.25. The monoisotopic (exact) mass is 261 g/mol. The third-order valence-electron chi connectivity index (χ3n) is 3.74. The van der Waals surface area contributed by atoms with Crippen molar-refractivity contribution in [2.75, 3.05) is 0 Å². The smallest absolute Gasteiger partial charge is 0.0664 e. The molecule has 2 rings (SSSR count). The minimum absolute atomic E-state index is 0.815. The molecule has 1 unspecified atom stereocenters. The standard InChI is InChI=1S/C16H24NP/c1-4-5-6-11(2)17-15-10-9-14(13-7-8-13)16(18)12(15)3/h9-10,13H,4-8,18H2,1-3H3. The molecule has 1 aromatic rings. The van der Waals surface area contributed by atoms with Crippen LogP contribution < -0.4 is 5.30 Å². The van der Waals surface area contributed by atoms with Gasteiger partial charge in [0.1, 0.15) is 0 Å². The highest BCUT2D eigenvalue weighted by molar-refractivity contribution is 7.27. The van der Waals surface area contributed by atoms with Crippen LogP contribution in [0.15, 0.2) is 17.1 Å². The van der Waals surface area contributed by atoms with E-state index in [1.54, 1.807) is 0 Å². The zero-order valence-electron chi connectivity index (χ0n) is 11.8. The Bertz CT molecular complexity index is 458. The van der Waals surface area contributed by atoms with E-state index in [2.05, 4.69) is 42.1 Å². The van der Waals surface area contributed by atoms with Gasteiger partial charge in [0, 0.05) is 5.71 Å². The largest absolute Gasteiger partial charge is 0.258 e. The minimum Gasteiger partial charge on any atom is -0.258 e. The molecule has 1 saturated carbocycles. The lowest BCUT2D eigenvalue weighted by Gasteiger charge is -2.11. The number of hydrogen-bond acceptors (Lipinski definition) is 1. The summed E-state index contributed by atoms with van der Waals surface area (Å²) < 4.78 is 0. The van der Waals surface area contributed by atoms with Gasteiger partial charge in [-0.2, -0.15) is 0 Å². The predicted molar refractivity (Wildman–Crippen MR) is 84.8 cm³/mol. The summed E-state index contributed by atoms with van der Waals surface area (Å²) in [6.45, 7) is 6.57. The molecule has 0 amide bonds. The number of hydrogen-bond donors (Lipinski definition) is 0. The first-order valence-electron chi connectivity index (χ1n) is 7.06. The molecule has 2 heteroatoms. The van der Waals surface area contributed by atoms with Crippen LogP contribution in [-0.4, -0.2) is 5.71 Å². The molecule has 1 atom stereocenters. The zero-order chi connectivity index (χ0) is 13.1. The van der Waals surface area contributed by atoms with Crippen molar-refractivity contribution in [3.8, 4) is 0 Å². The van der Waals surface area contributed by atoms with Gasteiger partial charge in [-0.05, 0) is 67.9 Å². The van der Waals surface area contributed by atoms with Crippen molar-refractivity contribution in [3.05, 3.63) is 23.3 Å². The van der Waals surface area contributed by atoms with Gasteiger partial charge in [0.05, 0.1) is 5.69 Å². The van der Waals surface area contributed by atoms with Crippen molar-refractivity contribution in [2.45, 2.75) is 58.8 Å². The third kappa shape index (κ3) is 3.20. The highest BCUT2D eigenvalue weighted by atomic mass is 31.0. The Morgan fingerprint density at radius 3 is 2.72 bits per heavy atom. The molecule has 18 heavy (non-hydrogen) atoms. The molecule has 1 aliphatic rings. The molecule has 0 aliphatic heterocycles. The molecule has 1 aliphatic carbocycles. The molecule has 0 saturated heterocycles. The molecule has 0 spiro atoms. The number of unbranched alkanes of at least 4 members (excludes halogenated alkanes) is 1. The first-order valence-corrected chi connectivity index (χ1v) is 7.64. The third-order valence-corrected chi connectivity index (χ3v) is 4.51. The van der Waals surface area contributed by atoms with Crippen LogP contribution in [0, 0.1) is 6.92 Å². The maximum atomic E-state index is 4.78. The van der Waals surface area contributed by atoms with E-state index in [1.807, 2.05) is 0 Å². The molecule has 0 bridgehead atoms. The average molecular weight is 261 g/mol. The second kappa shape index (κ2) is 5.97. The van der Waals surface area contributed by atoms with Crippen LogP contribution in [0.4, 0.5) is 5.69 Å². The van der Waals surface area contributed by atoms with Crippen molar-refractivity contribution >= 4 is 25.9 Å². The Kier molecular flexibility index (Phi) is 4.56. The van der Waals surface area contributed by atoms with Gasteiger partial charge in [-0.25, -0.2) is 0 Å². The Balaban J connectivity index is 2.21. The Morgan fingerprint density at radius 1 is 1.39 bits per heavy atom. The summed E-state index contributed by atoms with van der Waals surface area (Å²) in [5, 5.41) is 1.38. The van der Waals surface area contributed by atoms with Crippen LogP contribution >= 0.6 is 9.24 Å². The average Bonchev–Trinajstić information content (AvgIpc) is 3.17. The van der Waals surface area contributed by atoms with E-state index in [0.29, 0.717) is 0 Å². The highest BCUT2D eigenvalue weighted by Crippen LogP contribution is 2.41.